The van der Waals surface area contributed by atoms with Crippen molar-refractivity contribution in [2.24, 2.45) is 0 Å². The van der Waals surface area contributed by atoms with Gasteiger partial charge in [0.05, 0.1) is 0 Å². The molecule has 0 aromatic carbocycles. The molecule has 1 N–H and O–H groups in total. The van der Waals surface area contributed by atoms with Gasteiger partial charge in [0.25, 0.3) is 0 Å². The molecule has 0 radical (unpaired) electrons. The van der Waals surface area contributed by atoms with E-state index >= 15 is 0 Å². The number of nitrogens with one attached hydrogen (secondary N) is 1. The lowest BCUT2D eigenvalue weighted by atomic mass is 10.1. The fraction of sp³-hybridized carbons (Fsp3) is 0.750. The van der Waals surface area contributed by atoms with Crippen LogP contribution in [0, 0.1) is 6.92 Å². The molecule has 1 fully saturated rings. The second kappa shape index (κ2) is 6.87. The summed E-state index contributed by atoms with van der Waals surface area (Å²) >= 11 is 1.95. The Labute approximate surface area is 122 Å². The Bertz CT molecular complexity index is 391. The Balaban J connectivity index is 1.92. The third-order valence-electron chi connectivity index (χ3n) is 4.12. The molecule has 0 unspecified atom stereocenters. The summed E-state index contributed by atoms with van der Waals surface area (Å²) in [7, 11) is 2.29. The fourth-order valence-electron chi connectivity index (χ4n) is 2.88. The van der Waals surface area contributed by atoms with Gasteiger partial charge >= 0.3 is 0 Å². The molecule has 1 aromatic rings. The number of rotatable bonds is 6. The van der Waals surface area contributed by atoms with E-state index in [4.69, 9.17) is 0 Å². The summed E-state index contributed by atoms with van der Waals surface area (Å²) in [5, 5.41) is 3.51. The van der Waals surface area contributed by atoms with Gasteiger partial charge in [-0.25, -0.2) is 0 Å². The summed E-state index contributed by atoms with van der Waals surface area (Å²) in [6.45, 7) is 8.80. The van der Waals surface area contributed by atoms with Crippen LogP contribution in [0.15, 0.2) is 6.07 Å². The average molecular weight is 280 g/mol. The standard InChI is InChI=1S/C16H28N2S/c1-12(2)17-10-16-9-14(13(3)19-16)11-18(4)15-7-5-6-8-15/h9,12,15,17H,5-8,10-11H2,1-4H3. The Morgan fingerprint density at radius 1 is 1.37 bits per heavy atom. The quantitative estimate of drug-likeness (QED) is 0.849. The SMILES string of the molecule is Cc1sc(CNC(C)C)cc1CN(C)C1CCCC1. The molecule has 0 saturated heterocycles. The van der Waals surface area contributed by atoms with Crippen LogP contribution in [0.2, 0.25) is 0 Å². The van der Waals surface area contributed by atoms with Crippen molar-refractivity contribution < 1.29 is 0 Å². The van der Waals surface area contributed by atoms with Crippen LogP contribution in [-0.4, -0.2) is 24.0 Å². The van der Waals surface area contributed by atoms with E-state index in [1.807, 2.05) is 11.3 Å². The lowest BCUT2D eigenvalue weighted by molar-refractivity contribution is 0.237. The van der Waals surface area contributed by atoms with Gasteiger partial charge in [0, 0.05) is 34.9 Å². The molecular weight excluding hydrogens is 252 g/mol. The second-order valence-electron chi connectivity index (χ2n) is 6.18. The number of hydrogen-bond donors (Lipinski definition) is 1. The first-order valence-electron chi connectivity index (χ1n) is 7.58. The molecule has 0 atom stereocenters. The van der Waals surface area contributed by atoms with Gasteiger partial charge in [0.1, 0.15) is 0 Å². The van der Waals surface area contributed by atoms with Crippen LogP contribution in [0.25, 0.3) is 0 Å². The highest BCUT2D eigenvalue weighted by atomic mass is 32.1. The second-order valence-corrected chi connectivity index (χ2v) is 7.52. The zero-order valence-corrected chi connectivity index (χ0v) is 13.6. The molecule has 2 rings (SSSR count). The minimum atomic E-state index is 0.562. The molecule has 3 heteroatoms. The van der Waals surface area contributed by atoms with Gasteiger partial charge in [-0.2, -0.15) is 0 Å². The molecule has 1 aliphatic carbocycles. The van der Waals surface area contributed by atoms with Crippen molar-refractivity contribution in [2.75, 3.05) is 7.05 Å². The number of aryl methyl sites for hydroxylation is 1. The van der Waals surface area contributed by atoms with E-state index in [9.17, 15) is 0 Å². The van der Waals surface area contributed by atoms with Crippen LogP contribution in [0.3, 0.4) is 0 Å². The van der Waals surface area contributed by atoms with Gasteiger partial charge in [-0.05, 0) is 38.4 Å². The van der Waals surface area contributed by atoms with E-state index in [0.29, 0.717) is 6.04 Å². The van der Waals surface area contributed by atoms with Crippen molar-refractivity contribution in [1.82, 2.24) is 10.2 Å². The van der Waals surface area contributed by atoms with E-state index in [2.05, 4.69) is 44.1 Å². The third-order valence-corrected chi connectivity index (χ3v) is 5.22. The van der Waals surface area contributed by atoms with E-state index in [-0.39, 0.29) is 0 Å². The number of hydrogen-bond acceptors (Lipinski definition) is 3. The van der Waals surface area contributed by atoms with Gasteiger partial charge in [-0.15, -0.1) is 11.3 Å². The maximum Gasteiger partial charge on any atom is 0.0302 e. The molecule has 1 aliphatic rings. The molecule has 1 saturated carbocycles. The molecule has 0 spiro atoms. The molecule has 0 aliphatic heterocycles. The Hall–Kier alpha value is -0.380. The van der Waals surface area contributed by atoms with Crippen molar-refractivity contribution in [3.8, 4) is 0 Å². The maximum absolute atomic E-state index is 3.51. The van der Waals surface area contributed by atoms with Crippen LogP contribution in [-0.2, 0) is 13.1 Å². The summed E-state index contributed by atoms with van der Waals surface area (Å²) in [6.07, 6.45) is 5.62. The summed E-state index contributed by atoms with van der Waals surface area (Å²) < 4.78 is 0. The van der Waals surface area contributed by atoms with Crippen molar-refractivity contribution in [3.05, 3.63) is 21.4 Å². The van der Waals surface area contributed by atoms with Gasteiger partial charge < -0.3 is 5.32 Å². The Morgan fingerprint density at radius 2 is 2.05 bits per heavy atom. The van der Waals surface area contributed by atoms with Crippen LogP contribution >= 0.6 is 11.3 Å². The molecule has 1 aromatic heterocycles. The predicted molar refractivity (Wildman–Crippen MR) is 84.8 cm³/mol. The first-order chi connectivity index (χ1) is 9.06. The van der Waals surface area contributed by atoms with Gasteiger partial charge in [0.15, 0.2) is 0 Å². The normalized spacial score (nSPS) is 16.9. The lowest BCUT2D eigenvalue weighted by Crippen LogP contribution is -2.28. The topological polar surface area (TPSA) is 15.3 Å². The van der Waals surface area contributed by atoms with Crippen molar-refractivity contribution in [1.29, 1.82) is 0 Å². The van der Waals surface area contributed by atoms with Gasteiger partial charge in [-0.3, -0.25) is 4.90 Å². The van der Waals surface area contributed by atoms with Crippen molar-refractivity contribution >= 4 is 11.3 Å². The summed E-state index contributed by atoms with van der Waals surface area (Å²) in [5.41, 5.74) is 1.53. The monoisotopic (exact) mass is 280 g/mol. The van der Waals surface area contributed by atoms with Gasteiger partial charge in [0.2, 0.25) is 0 Å². The van der Waals surface area contributed by atoms with Crippen LogP contribution < -0.4 is 5.32 Å². The number of nitrogens with zero attached hydrogens (tertiary/aromatic N) is 1. The van der Waals surface area contributed by atoms with Crippen LogP contribution in [0.5, 0.6) is 0 Å². The molecule has 1 heterocycles. The lowest BCUT2D eigenvalue weighted by Gasteiger charge is -2.23. The summed E-state index contributed by atoms with van der Waals surface area (Å²) in [4.78, 5) is 5.52. The predicted octanol–water partition coefficient (Wildman–Crippen LogP) is 3.93. The molecule has 2 nitrogen and oxygen atoms in total. The van der Waals surface area contributed by atoms with Gasteiger partial charge in [-0.1, -0.05) is 26.7 Å². The molecular formula is C16H28N2S. The molecule has 19 heavy (non-hydrogen) atoms. The smallest absolute Gasteiger partial charge is 0.0302 e. The van der Waals surface area contributed by atoms with E-state index < -0.39 is 0 Å². The number of thiophene rings is 1. The first-order valence-corrected chi connectivity index (χ1v) is 8.39. The van der Waals surface area contributed by atoms with Crippen molar-refractivity contribution in [2.45, 2.75) is 71.6 Å². The third kappa shape index (κ3) is 4.30. The molecule has 0 bridgehead atoms. The highest BCUT2D eigenvalue weighted by molar-refractivity contribution is 7.12. The Kier molecular flexibility index (Phi) is 5.43. The average Bonchev–Trinajstić information content (AvgIpc) is 2.97. The van der Waals surface area contributed by atoms with Crippen molar-refractivity contribution in [3.63, 3.8) is 0 Å². The van der Waals surface area contributed by atoms with E-state index in [0.717, 1.165) is 19.1 Å². The molecule has 108 valence electrons. The zero-order valence-electron chi connectivity index (χ0n) is 12.8. The van der Waals surface area contributed by atoms with E-state index in [1.165, 1.54) is 41.0 Å². The minimum Gasteiger partial charge on any atom is -0.310 e. The van der Waals surface area contributed by atoms with Crippen LogP contribution in [0.1, 0.15) is 54.8 Å². The first kappa shape index (κ1) is 15.0. The summed E-state index contributed by atoms with van der Waals surface area (Å²) in [6, 6.07) is 3.78. The Morgan fingerprint density at radius 3 is 2.68 bits per heavy atom. The molecule has 0 amide bonds. The fourth-order valence-corrected chi connectivity index (χ4v) is 3.88. The van der Waals surface area contributed by atoms with Crippen LogP contribution in [0.4, 0.5) is 0 Å². The highest BCUT2D eigenvalue weighted by Gasteiger charge is 2.20. The zero-order chi connectivity index (χ0) is 13.8. The highest BCUT2D eigenvalue weighted by Crippen LogP contribution is 2.27. The summed E-state index contributed by atoms with van der Waals surface area (Å²) in [5.74, 6) is 0. The largest absolute Gasteiger partial charge is 0.310 e. The minimum absolute atomic E-state index is 0.562. The maximum atomic E-state index is 3.51. The van der Waals surface area contributed by atoms with E-state index in [1.54, 1.807) is 0 Å².